The summed E-state index contributed by atoms with van der Waals surface area (Å²) in [5, 5.41) is 3.09. The highest BCUT2D eigenvalue weighted by Crippen LogP contribution is 2.24. The van der Waals surface area contributed by atoms with Gasteiger partial charge in [-0.1, -0.05) is 18.0 Å². The summed E-state index contributed by atoms with van der Waals surface area (Å²) in [7, 11) is 0. The van der Waals surface area contributed by atoms with Gasteiger partial charge < -0.3 is 5.32 Å². The van der Waals surface area contributed by atoms with Crippen LogP contribution in [0.5, 0.6) is 0 Å². The molecule has 0 aromatic heterocycles. The fraction of sp³-hybridized carbons (Fsp3) is 0.533. The van der Waals surface area contributed by atoms with Gasteiger partial charge in [0, 0.05) is 24.2 Å². The molecule has 2 rings (SSSR count). The second-order valence-electron chi connectivity index (χ2n) is 5.39. The molecule has 0 saturated carbocycles. The largest absolute Gasteiger partial charge is 0.351 e. The predicted octanol–water partition coefficient (Wildman–Crippen LogP) is 3.85. The summed E-state index contributed by atoms with van der Waals surface area (Å²) in [5.74, 6) is -1.01. The SMILES string of the molecule is C[C@@H]1CCCCN1CCNC(=O)c1cc(Cl)cc(Br)c1F. The maximum Gasteiger partial charge on any atom is 0.254 e. The average molecular weight is 378 g/mol. The minimum Gasteiger partial charge on any atom is -0.351 e. The number of nitrogens with one attached hydrogen (secondary N) is 1. The molecule has 0 bridgehead atoms. The Hall–Kier alpha value is -0.650. The van der Waals surface area contributed by atoms with Crippen LogP contribution in [-0.2, 0) is 0 Å². The number of likely N-dealkylation sites (tertiary alicyclic amines) is 1. The lowest BCUT2D eigenvalue weighted by Gasteiger charge is -2.33. The minimum atomic E-state index is -0.580. The standard InChI is InChI=1S/C15H19BrClFN2O/c1-10-4-2-3-6-20(10)7-5-19-15(21)12-8-11(17)9-13(16)14(12)18/h8-10H,2-7H2,1H3,(H,19,21)/t10-/m1/s1. The van der Waals surface area contributed by atoms with Crippen molar-refractivity contribution in [2.45, 2.75) is 32.2 Å². The fourth-order valence-corrected chi connectivity index (χ4v) is 3.43. The van der Waals surface area contributed by atoms with Crippen molar-refractivity contribution >= 4 is 33.4 Å². The normalized spacial score (nSPS) is 19.5. The average Bonchev–Trinajstić information content (AvgIpc) is 2.44. The van der Waals surface area contributed by atoms with Crippen molar-refractivity contribution in [1.29, 1.82) is 0 Å². The van der Waals surface area contributed by atoms with Gasteiger partial charge in [-0.05, 0) is 54.4 Å². The van der Waals surface area contributed by atoms with Gasteiger partial charge in [0.15, 0.2) is 0 Å². The molecular weight excluding hydrogens is 359 g/mol. The second kappa shape index (κ2) is 7.56. The topological polar surface area (TPSA) is 32.3 Å². The number of piperidine rings is 1. The zero-order valence-corrected chi connectivity index (χ0v) is 14.3. The number of halogens is 3. The van der Waals surface area contributed by atoms with Gasteiger partial charge in [0.1, 0.15) is 5.82 Å². The van der Waals surface area contributed by atoms with Crippen molar-refractivity contribution in [3.05, 3.63) is 33.0 Å². The van der Waals surface area contributed by atoms with Gasteiger partial charge in [-0.15, -0.1) is 0 Å². The van der Waals surface area contributed by atoms with Crippen LogP contribution in [0.4, 0.5) is 4.39 Å². The molecule has 1 aliphatic rings. The van der Waals surface area contributed by atoms with Crippen molar-refractivity contribution in [2.24, 2.45) is 0 Å². The minimum absolute atomic E-state index is 0.0268. The van der Waals surface area contributed by atoms with E-state index in [4.69, 9.17) is 11.6 Å². The van der Waals surface area contributed by atoms with E-state index < -0.39 is 11.7 Å². The molecule has 6 heteroatoms. The molecular formula is C15H19BrClFN2O. The van der Waals surface area contributed by atoms with Crippen LogP contribution in [0, 0.1) is 5.82 Å². The molecule has 1 saturated heterocycles. The lowest BCUT2D eigenvalue weighted by atomic mass is 10.0. The van der Waals surface area contributed by atoms with Crippen LogP contribution in [0.2, 0.25) is 5.02 Å². The van der Waals surface area contributed by atoms with Gasteiger partial charge >= 0.3 is 0 Å². The summed E-state index contributed by atoms with van der Waals surface area (Å²) in [4.78, 5) is 14.4. The number of hydrogen-bond acceptors (Lipinski definition) is 2. The molecule has 116 valence electrons. The first kappa shape index (κ1) is 16.7. The molecule has 1 aliphatic heterocycles. The molecule has 1 fully saturated rings. The summed E-state index contributed by atoms with van der Waals surface area (Å²) in [6.45, 7) is 4.56. The Labute approximate surface area is 138 Å². The van der Waals surface area contributed by atoms with E-state index in [0.29, 0.717) is 17.6 Å². The molecule has 1 amide bonds. The summed E-state index contributed by atoms with van der Waals surface area (Å²) in [6.07, 6.45) is 3.67. The molecule has 1 N–H and O–H groups in total. The van der Waals surface area contributed by atoms with Crippen LogP contribution in [0.3, 0.4) is 0 Å². The van der Waals surface area contributed by atoms with Crippen molar-refractivity contribution in [3.8, 4) is 0 Å². The second-order valence-corrected chi connectivity index (χ2v) is 6.68. The van der Waals surface area contributed by atoms with E-state index in [0.717, 1.165) is 13.1 Å². The Morgan fingerprint density at radius 1 is 1.52 bits per heavy atom. The van der Waals surface area contributed by atoms with E-state index in [1.807, 2.05) is 0 Å². The Balaban J connectivity index is 1.90. The molecule has 0 aliphatic carbocycles. The van der Waals surface area contributed by atoms with Crippen LogP contribution in [0.1, 0.15) is 36.5 Å². The molecule has 21 heavy (non-hydrogen) atoms. The maximum atomic E-state index is 13.9. The zero-order chi connectivity index (χ0) is 15.4. The summed E-state index contributed by atoms with van der Waals surface area (Å²) >= 11 is 8.91. The highest BCUT2D eigenvalue weighted by atomic mass is 79.9. The van der Waals surface area contributed by atoms with Gasteiger partial charge in [0.05, 0.1) is 10.0 Å². The number of nitrogens with zero attached hydrogens (tertiary/aromatic N) is 1. The number of carbonyl (C=O) groups excluding carboxylic acids is 1. The van der Waals surface area contributed by atoms with Gasteiger partial charge in [-0.2, -0.15) is 0 Å². The monoisotopic (exact) mass is 376 g/mol. The van der Waals surface area contributed by atoms with Gasteiger partial charge in [0.2, 0.25) is 0 Å². The third-order valence-corrected chi connectivity index (χ3v) is 4.66. The molecule has 0 unspecified atom stereocenters. The Bertz CT molecular complexity index is 527. The first-order valence-electron chi connectivity index (χ1n) is 7.16. The number of hydrogen-bond donors (Lipinski definition) is 1. The Morgan fingerprint density at radius 2 is 2.29 bits per heavy atom. The molecule has 3 nitrogen and oxygen atoms in total. The van der Waals surface area contributed by atoms with E-state index >= 15 is 0 Å². The lowest BCUT2D eigenvalue weighted by Crippen LogP contribution is -2.42. The van der Waals surface area contributed by atoms with Gasteiger partial charge in [-0.25, -0.2) is 4.39 Å². The first-order chi connectivity index (χ1) is 9.99. The Morgan fingerprint density at radius 3 is 3.00 bits per heavy atom. The van der Waals surface area contributed by atoms with E-state index in [-0.39, 0.29) is 10.0 Å². The molecule has 1 aromatic rings. The summed E-state index contributed by atoms with van der Waals surface area (Å²) in [6, 6.07) is 3.33. The highest BCUT2D eigenvalue weighted by Gasteiger charge is 2.19. The summed E-state index contributed by atoms with van der Waals surface area (Å²) in [5.41, 5.74) is -0.0268. The molecule has 0 spiro atoms. The van der Waals surface area contributed by atoms with Gasteiger partial charge in [0.25, 0.3) is 5.91 Å². The number of carbonyl (C=O) groups is 1. The smallest absolute Gasteiger partial charge is 0.254 e. The van der Waals surface area contributed by atoms with Crippen LogP contribution in [0.15, 0.2) is 16.6 Å². The number of amides is 1. The third kappa shape index (κ3) is 4.41. The maximum absolute atomic E-state index is 13.9. The molecule has 1 atom stereocenters. The number of benzene rings is 1. The van der Waals surface area contributed by atoms with Crippen molar-refractivity contribution < 1.29 is 9.18 Å². The van der Waals surface area contributed by atoms with E-state index in [2.05, 4.69) is 33.1 Å². The molecule has 1 aromatic carbocycles. The third-order valence-electron chi connectivity index (χ3n) is 3.86. The molecule has 1 heterocycles. The van der Waals surface area contributed by atoms with Crippen LogP contribution in [-0.4, -0.2) is 36.5 Å². The van der Waals surface area contributed by atoms with Crippen molar-refractivity contribution in [3.63, 3.8) is 0 Å². The highest BCUT2D eigenvalue weighted by molar-refractivity contribution is 9.10. The van der Waals surface area contributed by atoms with E-state index in [1.165, 1.54) is 31.4 Å². The predicted molar refractivity (Wildman–Crippen MR) is 86.3 cm³/mol. The summed E-state index contributed by atoms with van der Waals surface area (Å²) < 4.78 is 14.1. The van der Waals surface area contributed by atoms with Crippen LogP contribution >= 0.6 is 27.5 Å². The van der Waals surface area contributed by atoms with Crippen molar-refractivity contribution in [1.82, 2.24) is 10.2 Å². The van der Waals surface area contributed by atoms with E-state index in [1.54, 1.807) is 0 Å². The van der Waals surface area contributed by atoms with E-state index in [9.17, 15) is 9.18 Å². The van der Waals surface area contributed by atoms with Crippen LogP contribution in [0.25, 0.3) is 0 Å². The Kier molecular flexibility index (Phi) is 6.02. The lowest BCUT2D eigenvalue weighted by molar-refractivity contribution is 0.0934. The number of rotatable bonds is 4. The van der Waals surface area contributed by atoms with Gasteiger partial charge in [-0.3, -0.25) is 9.69 Å². The first-order valence-corrected chi connectivity index (χ1v) is 8.33. The van der Waals surface area contributed by atoms with Crippen molar-refractivity contribution in [2.75, 3.05) is 19.6 Å². The van der Waals surface area contributed by atoms with Crippen LogP contribution < -0.4 is 5.32 Å². The fourth-order valence-electron chi connectivity index (χ4n) is 2.62. The quantitative estimate of drug-likeness (QED) is 0.809. The molecule has 0 radical (unpaired) electrons. The zero-order valence-electron chi connectivity index (χ0n) is 12.0.